The average Bonchev–Trinajstić information content (AvgIpc) is 2.98. The van der Waals surface area contributed by atoms with Crippen molar-refractivity contribution in [2.75, 3.05) is 6.54 Å². The molecule has 0 radical (unpaired) electrons. The summed E-state index contributed by atoms with van der Waals surface area (Å²) in [6, 6.07) is 5.66. The molecule has 2 atom stereocenters. The van der Waals surface area contributed by atoms with Crippen LogP contribution in [-0.4, -0.2) is 44.0 Å². The van der Waals surface area contributed by atoms with E-state index in [-0.39, 0.29) is 19.0 Å². The van der Waals surface area contributed by atoms with E-state index in [1.807, 2.05) is 0 Å². The van der Waals surface area contributed by atoms with Gasteiger partial charge in [-0.2, -0.15) is 18.3 Å². The minimum absolute atomic E-state index is 0.00491. The zero-order valence-electron chi connectivity index (χ0n) is 14.1. The molecule has 0 aliphatic carbocycles. The molecule has 3 rings (SSSR count). The van der Waals surface area contributed by atoms with Gasteiger partial charge in [0.15, 0.2) is 0 Å². The smallest absolute Gasteiger partial charge is 0.373 e. The molecule has 0 fully saturated rings. The van der Waals surface area contributed by atoms with Crippen LogP contribution in [0, 0.1) is 5.82 Å². The second-order valence-corrected chi connectivity index (χ2v) is 6.60. The highest BCUT2D eigenvalue weighted by atomic mass is 19.4. The van der Waals surface area contributed by atoms with Crippen molar-refractivity contribution in [2.45, 2.75) is 38.1 Å². The number of hydrogen-bond donors (Lipinski definition) is 1. The molecule has 1 aliphatic heterocycles. The third-order valence-corrected chi connectivity index (χ3v) is 4.54. The van der Waals surface area contributed by atoms with Crippen molar-refractivity contribution in [1.29, 1.82) is 0 Å². The number of hydrogen-bond acceptors (Lipinski definition) is 3. The van der Waals surface area contributed by atoms with Gasteiger partial charge < -0.3 is 10.0 Å². The number of fused-ring (bicyclic) bond motifs is 1. The topological polar surface area (TPSA) is 58.4 Å². The van der Waals surface area contributed by atoms with Crippen LogP contribution in [0.15, 0.2) is 30.5 Å². The van der Waals surface area contributed by atoms with Crippen molar-refractivity contribution in [3.05, 3.63) is 47.5 Å². The van der Waals surface area contributed by atoms with Gasteiger partial charge in [0.2, 0.25) is 5.60 Å². The number of aromatic nitrogens is 2. The Morgan fingerprint density at radius 1 is 1.27 bits per heavy atom. The van der Waals surface area contributed by atoms with Crippen molar-refractivity contribution in [1.82, 2.24) is 14.7 Å². The van der Waals surface area contributed by atoms with E-state index in [4.69, 9.17) is 0 Å². The summed E-state index contributed by atoms with van der Waals surface area (Å²) in [5.74, 6) is -2.11. The van der Waals surface area contributed by atoms with Crippen LogP contribution in [0.3, 0.4) is 0 Å². The van der Waals surface area contributed by atoms with Crippen LogP contribution >= 0.6 is 0 Å². The molecule has 2 aromatic rings. The first-order valence-corrected chi connectivity index (χ1v) is 7.93. The predicted molar refractivity (Wildman–Crippen MR) is 84.0 cm³/mol. The molecule has 0 saturated carbocycles. The zero-order chi connectivity index (χ0) is 19.3. The fourth-order valence-corrected chi connectivity index (χ4v) is 3.10. The van der Waals surface area contributed by atoms with Gasteiger partial charge in [0.05, 0.1) is 17.6 Å². The van der Waals surface area contributed by atoms with E-state index < -0.39 is 23.5 Å². The van der Waals surface area contributed by atoms with Gasteiger partial charge in [-0.25, -0.2) is 9.07 Å². The van der Waals surface area contributed by atoms with Crippen LogP contribution in [0.1, 0.15) is 31.0 Å². The first-order chi connectivity index (χ1) is 12.0. The summed E-state index contributed by atoms with van der Waals surface area (Å²) < 4.78 is 53.5. The minimum Gasteiger partial charge on any atom is -0.373 e. The number of aliphatic hydroxyl groups is 1. The maximum Gasteiger partial charge on any atom is 0.426 e. The van der Waals surface area contributed by atoms with Gasteiger partial charge >= 0.3 is 6.18 Å². The van der Waals surface area contributed by atoms with Crippen molar-refractivity contribution in [3.8, 4) is 5.69 Å². The Balaban J connectivity index is 1.91. The summed E-state index contributed by atoms with van der Waals surface area (Å²) in [6.07, 6.45) is -3.59. The average molecular weight is 371 g/mol. The Labute approximate surface area is 146 Å². The first kappa shape index (κ1) is 18.4. The summed E-state index contributed by atoms with van der Waals surface area (Å²) in [7, 11) is 0. The Kier molecular flexibility index (Phi) is 4.30. The molecule has 5 nitrogen and oxygen atoms in total. The van der Waals surface area contributed by atoms with Crippen LogP contribution in [-0.2, 0) is 11.3 Å². The van der Waals surface area contributed by atoms with Crippen molar-refractivity contribution in [2.24, 2.45) is 0 Å². The highest BCUT2D eigenvalue weighted by Gasteiger charge is 2.57. The summed E-state index contributed by atoms with van der Waals surface area (Å²) in [5.41, 5.74) is -1.51. The molecule has 9 heteroatoms. The quantitative estimate of drug-likeness (QED) is 0.826. The van der Waals surface area contributed by atoms with E-state index >= 15 is 0 Å². The molecule has 1 aliphatic rings. The first-order valence-electron chi connectivity index (χ1n) is 7.93. The van der Waals surface area contributed by atoms with Crippen LogP contribution < -0.4 is 0 Å². The molecule has 0 spiro atoms. The molecule has 1 N–H and O–H groups in total. The maximum absolute atomic E-state index is 13.1. The van der Waals surface area contributed by atoms with Gasteiger partial charge in [-0.1, -0.05) is 6.92 Å². The lowest BCUT2D eigenvalue weighted by Gasteiger charge is -2.36. The third-order valence-electron chi connectivity index (χ3n) is 4.54. The molecule has 26 heavy (non-hydrogen) atoms. The van der Waals surface area contributed by atoms with E-state index in [0.717, 1.165) is 10.6 Å². The van der Waals surface area contributed by atoms with Crippen molar-refractivity contribution >= 4 is 5.91 Å². The van der Waals surface area contributed by atoms with E-state index in [2.05, 4.69) is 5.10 Å². The molecule has 0 bridgehead atoms. The summed E-state index contributed by atoms with van der Waals surface area (Å²) in [5, 5.41) is 13.9. The highest BCUT2D eigenvalue weighted by molar-refractivity contribution is 5.85. The van der Waals surface area contributed by atoms with E-state index in [9.17, 15) is 27.5 Å². The minimum atomic E-state index is -5.06. The molecule has 1 aromatic heterocycles. The largest absolute Gasteiger partial charge is 0.426 e. The highest BCUT2D eigenvalue weighted by Crippen LogP contribution is 2.35. The molecular formula is C17H17F4N3O2. The van der Waals surface area contributed by atoms with Crippen LogP contribution in [0.4, 0.5) is 17.6 Å². The molecule has 2 heterocycles. The van der Waals surface area contributed by atoms with Gasteiger partial charge in [0.25, 0.3) is 5.91 Å². The number of alkyl halides is 3. The van der Waals surface area contributed by atoms with E-state index in [0.29, 0.717) is 18.2 Å². The lowest BCUT2D eigenvalue weighted by molar-refractivity contribution is -0.250. The number of halogens is 4. The maximum atomic E-state index is 13.1. The SMILES string of the molecule is CC1CN(C(=O)C(C)(O)C(F)(F)F)Cc2cnn(-c3ccc(F)cc3)c21. The monoisotopic (exact) mass is 371 g/mol. The lowest BCUT2D eigenvalue weighted by atomic mass is 9.95. The number of benzene rings is 1. The molecule has 1 amide bonds. The van der Waals surface area contributed by atoms with Crippen LogP contribution in [0.5, 0.6) is 0 Å². The summed E-state index contributed by atoms with van der Waals surface area (Å²) in [4.78, 5) is 13.2. The molecular weight excluding hydrogens is 354 g/mol. The van der Waals surface area contributed by atoms with Crippen molar-refractivity contribution < 1.29 is 27.5 Å². The van der Waals surface area contributed by atoms with E-state index in [1.54, 1.807) is 23.7 Å². The zero-order valence-corrected chi connectivity index (χ0v) is 14.1. The second-order valence-electron chi connectivity index (χ2n) is 6.60. The Bertz CT molecular complexity index is 828. The molecule has 0 saturated heterocycles. The van der Waals surface area contributed by atoms with Gasteiger partial charge in [-0.05, 0) is 31.2 Å². The second kappa shape index (κ2) is 6.08. The Hall–Kier alpha value is -2.42. The van der Waals surface area contributed by atoms with Gasteiger partial charge in [0.1, 0.15) is 5.82 Å². The number of carbonyl (C=O) groups is 1. The summed E-state index contributed by atoms with van der Waals surface area (Å²) in [6.45, 7) is 2.12. The Morgan fingerprint density at radius 2 is 1.88 bits per heavy atom. The number of rotatable bonds is 2. The van der Waals surface area contributed by atoms with Crippen molar-refractivity contribution in [3.63, 3.8) is 0 Å². The number of nitrogens with zero attached hydrogens (tertiary/aromatic N) is 3. The fraction of sp³-hybridized carbons (Fsp3) is 0.412. The normalized spacial score (nSPS) is 19.8. The third kappa shape index (κ3) is 2.96. The van der Waals surface area contributed by atoms with Gasteiger partial charge in [-0.3, -0.25) is 4.79 Å². The number of carbonyl (C=O) groups excluding carboxylic acids is 1. The number of amides is 1. The molecule has 1 aromatic carbocycles. The fourth-order valence-electron chi connectivity index (χ4n) is 3.10. The standard InChI is InChI=1S/C17H17F4N3O2/c1-10-8-23(15(25)16(2,26)17(19,20)21)9-11-7-22-24(14(10)11)13-5-3-12(18)4-6-13/h3-7,10,26H,8-9H2,1-2H3. The van der Waals surface area contributed by atoms with Crippen LogP contribution in [0.25, 0.3) is 5.69 Å². The van der Waals surface area contributed by atoms with Crippen LogP contribution in [0.2, 0.25) is 0 Å². The van der Waals surface area contributed by atoms with Gasteiger partial charge in [0, 0.05) is 24.6 Å². The lowest BCUT2D eigenvalue weighted by Crippen LogP contribution is -2.57. The predicted octanol–water partition coefficient (Wildman–Crippen LogP) is 2.77. The molecule has 140 valence electrons. The molecule has 2 unspecified atom stereocenters. The van der Waals surface area contributed by atoms with Gasteiger partial charge in [-0.15, -0.1) is 0 Å². The summed E-state index contributed by atoms with van der Waals surface area (Å²) >= 11 is 0. The Morgan fingerprint density at radius 3 is 2.46 bits per heavy atom. The van der Waals surface area contributed by atoms with E-state index in [1.165, 1.54) is 18.3 Å².